The van der Waals surface area contributed by atoms with E-state index < -0.39 is 17.8 Å². The quantitative estimate of drug-likeness (QED) is 0.825. The smallest absolute Gasteiger partial charge is 0.431 e. The number of halogens is 1. The molecule has 19 heavy (non-hydrogen) atoms. The normalized spacial score (nSPS) is 12.9. The Balaban J connectivity index is 2.54. The van der Waals surface area contributed by atoms with Gasteiger partial charge in [-0.25, -0.2) is 9.18 Å². The second-order valence-corrected chi connectivity index (χ2v) is 4.94. The molecule has 2 N–H and O–H groups in total. The van der Waals surface area contributed by atoms with Crippen LogP contribution in [0.15, 0.2) is 24.3 Å². The predicted molar refractivity (Wildman–Crippen MR) is 66.7 cm³/mol. The summed E-state index contributed by atoms with van der Waals surface area (Å²) in [5.74, 6) is -0.388. The van der Waals surface area contributed by atoms with Gasteiger partial charge in [0.05, 0.1) is 6.61 Å². The SMILES string of the molecule is CC(C)(C)OC(=O)NOC(CO)c1ccc(F)cc1. The summed E-state index contributed by atoms with van der Waals surface area (Å²) >= 11 is 0. The van der Waals surface area contributed by atoms with Crippen molar-refractivity contribution in [3.63, 3.8) is 0 Å². The Hall–Kier alpha value is -1.66. The summed E-state index contributed by atoms with van der Waals surface area (Å²) in [5, 5.41) is 9.18. The van der Waals surface area contributed by atoms with Crippen molar-refractivity contribution in [2.45, 2.75) is 32.5 Å². The van der Waals surface area contributed by atoms with Crippen LogP contribution in [-0.2, 0) is 9.57 Å². The van der Waals surface area contributed by atoms with E-state index >= 15 is 0 Å². The van der Waals surface area contributed by atoms with E-state index in [4.69, 9.17) is 9.57 Å². The van der Waals surface area contributed by atoms with Crippen LogP contribution in [0.1, 0.15) is 32.4 Å². The molecule has 106 valence electrons. The van der Waals surface area contributed by atoms with Gasteiger partial charge in [-0.15, -0.1) is 0 Å². The Kier molecular flexibility index (Phi) is 5.26. The topological polar surface area (TPSA) is 67.8 Å². The lowest BCUT2D eigenvalue weighted by Gasteiger charge is -2.21. The molecular formula is C13H18FNO4. The number of benzene rings is 1. The first kappa shape index (κ1) is 15.4. The number of aliphatic hydroxyl groups excluding tert-OH is 1. The Labute approximate surface area is 111 Å². The molecule has 5 nitrogen and oxygen atoms in total. The number of nitrogens with one attached hydrogen (secondary N) is 1. The number of hydrogen-bond acceptors (Lipinski definition) is 4. The maximum atomic E-state index is 12.8. The van der Waals surface area contributed by atoms with Crippen LogP contribution in [0.5, 0.6) is 0 Å². The van der Waals surface area contributed by atoms with Crippen LogP contribution in [0, 0.1) is 5.82 Å². The highest BCUT2D eigenvalue weighted by atomic mass is 19.1. The highest BCUT2D eigenvalue weighted by molar-refractivity contribution is 5.66. The molecule has 1 atom stereocenters. The van der Waals surface area contributed by atoms with Gasteiger partial charge in [-0.3, -0.25) is 4.84 Å². The minimum atomic E-state index is -0.784. The van der Waals surface area contributed by atoms with Crippen molar-refractivity contribution in [3.05, 3.63) is 35.6 Å². The molecule has 0 aliphatic heterocycles. The van der Waals surface area contributed by atoms with Gasteiger partial charge in [-0.2, -0.15) is 5.48 Å². The Morgan fingerprint density at radius 2 is 1.95 bits per heavy atom. The van der Waals surface area contributed by atoms with Gasteiger partial charge in [0.1, 0.15) is 17.5 Å². The zero-order valence-corrected chi connectivity index (χ0v) is 11.1. The summed E-state index contributed by atoms with van der Waals surface area (Å²) in [4.78, 5) is 16.4. The second kappa shape index (κ2) is 6.49. The molecule has 0 aliphatic carbocycles. The lowest BCUT2D eigenvalue weighted by molar-refractivity contribution is -0.0610. The summed E-state index contributed by atoms with van der Waals surface area (Å²) < 4.78 is 17.7. The Morgan fingerprint density at radius 3 is 2.42 bits per heavy atom. The van der Waals surface area contributed by atoms with E-state index in [9.17, 15) is 14.3 Å². The van der Waals surface area contributed by atoms with Crippen molar-refractivity contribution < 1.29 is 23.9 Å². The van der Waals surface area contributed by atoms with Crippen molar-refractivity contribution >= 4 is 6.09 Å². The van der Waals surface area contributed by atoms with E-state index in [-0.39, 0.29) is 12.4 Å². The molecule has 0 bridgehead atoms. The first-order chi connectivity index (χ1) is 8.81. The third-order valence-electron chi connectivity index (χ3n) is 2.09. The molecule has 0 saturated heterocycles. The van der Waals surface area contributed by atoms with Crippen LogP contribution in [0.25, 0.3) is 0 Å². The van der Waals surface area contributed by atoms with Gasteiger partial charge < -0.3 is 9.84 Å². The molecule has 6 heteroatoms. The number of carbonyl (C=O) groups excluding carboxylic acids is 1. The molecule has 0 heterocycles. The maximum Gasteiger partial charge on any atom is 0.431 e. The Morgan fingerprint density at radius 1 is 1.37 bits per heavy atom. The highest BCUT2D eigenvalue weighted by Gasteiger charge is 2.18. The van der Waals surface area contributed by atoms with Gasteiger partial charge in [0.25, 0.3) is 0 Å². The van der Waals surface area contributed by atoms with Crippen LogP contribution < -0.4 is 5.48 Å². The fraction of sp³-hybridized carbons (Fsp3) is 0.462. The fourth-order valence-corrected chi connectivity index (χ4v) is 1.31. The van der Waals surface area contributed by atoms with E-state index in [1.807, 2.05) is 0 Å². The summed E-state index contributed by atoms with van der Waals surface area (Å²) in [5.41, 5.74) is 1.99. The average Bonchev–Trinajstić information content (AvgIpc) is 2.29. The Bertz CT molecular complexity index is 414. The van der Waals surface area contributed by atoms with Crippen LogP contribution in [-0.4, -0.2) is 23.4 Å². The van der Waals surface area contributed by atoms with Crippen LogP contribution in [0.4, 0.5) is 9.18 Å². The number of aliphatic hydroxyl groups is 1. The summed E-state index contributed by atoms with van der Waals surface area (Å²) in [6.07, 6.45) is -1.54. The molecule has 1 unspecified atom stereocenters. The van der Waals surface area contributed by atoms with E-state index in [2.05, 4.69) is 5.48 Å². The standard InChI is InChI=1S/C13H18FNO4/c1-13(2,3)18-12(17)15-19-11(8-16)9-4-6-10(14)7-5-9/h4-7,11,16H,8H2,1-3H3,(H,15,17). The highest BCUT2D eigenvalue weighted by Crippen LogP contribution is 2.16. The lowest BCUT2D eigenvalue weighted by Crippen LogP contribution is -2.34. The largest absolute Gasteiger partial charge is 0.442 e. The fourth-order valence-electron chi connectivity index (χ4n) is 1.31. The van der Waals surface area contributed by atoms with Crippen molar-refractivity contribution in [2.24, 2.45) is 0 Å². The summed E-state index contributed by atoms with van der Waals surface area (Å²) in [6, 6.07) is 5.42. The molecule has 0 saturated carbocycles. The van der Waals surface area contributed by atoms with E-state index in [1.54, 1.807) is 20.8 Å². The van der Waals surface area contributed by atoms with Crippen LogP contribution in [0.3, 0.4) is 0 Å². The first-order valence-corrected chi connectivity index (χ1v) is 5.83. The number of ether oxygens (including phenoxy) is 1. The van der Waals surface area contributed by atoms with E-state index in [0.29, 0.717) is 5.56 Å². The first-order valence-electron chi connectivity index (χ1n) is 5.83. The van der Waals surface area contributed by atoms with Crippen molar-refractivity contribution in [1.82, 2.24) is 5.48 Å². The number of carbonyl (C=O) groups is 1. The number of hydrogen-bond donors (Lipinski definition) is 2. The second-order valence-electron chi connectivity index (χ2n) is 4.94. The molecule has 1 aromatic carbocycles. The molecule has 0 radical (unpaired) electrons. The van der Waals surface area contributed by atoms with Gasteiger partial charge in [0, 0.05) is 0 Å². The number of hydroxylamine groups is 1. The zero-order chi connectivity index (χ0) is 14.5. The molecule has 1 amide bonds. The van der Waals surface area contributed by atoms with E-state index in [0.717, 1.165) is 0 Å². The summed E-state index contributed by atoms with van der Waals surface area (Å²) in [6.45, 7) is 4.80. The molecule has 1 aromatic rings. The van der Waals surface area contributed by atoms with Crippen molar-refractivity contribution in [3.8, 4) is 0 Å². The van der Waals surface area contributed by atoms with Crippen LogP contribution in [0.2, 0.25) is 0 Å². The van der Waals surface area contributed by atoms with Gasteiger partial charge in [0.2, 0.25) is 0 Å². The van der Waals surface area contributed by atoms with Gasteiger partial charge in [-0.1, -0.05) is 12.1 Å². The number of amides is 1. The van der Waals surface area contributed by atoms with Crippen LogP contribution >= 0.6 is 0 Å². The van der Waals surface area contributed by atoms with Crippen molar-refractivity contribution in [1.29, 1.82) is 0 Å². The van der Waals surface area contributed by atoms with Gasteiger partial charge in [0.15, 0.2) is 0 Å². The zero-order valence-electron chi connectivity index (χ0n) is 11.1. The summed E-state index contributed by atoms with van der Waals surface area (Å²) in [7, 11) is 0. The maximum absolute atomic E-state index is 12.8. The minimum absolute atomic E-state index is 0.360. The molecular weight excluding hydrogens is 253 g/mol. The third-order valence-corrected chi connectivity index (χ3v) is 2.09. The predicted octanol–water partition coefficient (Wildman–Crippen LogP) is 2.32. The molecule has 0 fully saturated rings. The van der Waals surface area contributed by atoms with E-state index in [1.165, 1.54) is 24.3 Å². The van der Waals surface area contributed by atoms with Gasteiger partial charge in [-0.05, 0) is 38.5 Å². The molecule has 0 spiro atoms. The average molecular weight is 271 g/mol. The third kappa shape index (κ3) is 5.67. The monoisotopic (exact) mass is 271 g/mol. The number of rotatable bonds is 4. The molecule has 0 aromatic heterocycles. The van der Waals surface area contributed by atoms with Gasteiger partial charge >= 0.3 is 6.09 Å². The minimum Gasteiger partial charge on any atom is -0.442 e. The molecule has 0 aliphatic rings. The lowest BCUT2D eigenvalue weighted by atomic mass is 10.1. The van der Waals surface area contributed by atoms with Crippen molar-refractivity contribution in [2.75, 3.05) is 6.61 Å². The molecule has 1 rings (SSSR count).